The third kappa shape index (κ3) is 3.16. The van der Waals surface area contributed by atoms with Gasteiger partial charge in [0.1, 0.15) is 11.6 Å². The summed E-state index contributed by atoms with van der Waals surface area (Å²) >= 11 is 0. The predicted octanol–water partition coefficient (Wildman–Crippen LogP) is 5.44. The van der Waals surface area contributed by atoms with E-state index in [1.165, 1.54) is 23.3 Å². The first-order valence-electron chi connectivity index (χ1n) is 6.77. The quantitative estimate of drug-likeness (QED) is 0.722. The molecule has 0 heterocycles. The molecule has 0 saturated carbocycles. The molecule has 20 heavy (non-hydrogen) atoms. The van der Waals surface area contributed by atoms with Crippen molar-refractivity contribution in [3.05, 3.63) is 59.2 Å². The molecule has 0 aromatic heterocycles. The minimum atomic E-state index is -0.698. The van der Waals surface area contributed by atoms with Crippen molar-refractivity contribution in [3.8, 4) is 11.5 Å². The average Bonchev–Trinajstić information content (AvgIpc) is 2.41. The molecule has 0 radical (unpaired) electrons. The van der Waals surface area contributed by atoms with Gasteiger partial charge >= 0.3 is 0 Å². The first kappa shape index (κ1) is 14.5. The van der Waals surface area contributed by atoms with E-state index >= 15 is 0 Å². The van der Waals surface area contributed by atoms with Gasteiger partial charge in [0.05, 0.1) is 0 Å². The lowest BCUT2D eigenvalue weighted by molar-refractivity contribution is 0.437. The van der Waals surface area contributed by atoms with Crippen LogP contribution in [0.2, 0.25) is 0 Å². The highest BCUT2D eigenvalue weighted by Gasteiger charge is 2.10. The van der Waals surface area contributed by atoms with Crippen molar-refractivity contribution in [2.75, 3.05) is 0 Å². The smallest absolute Gasteiger partial charge is 0.168 e. The van der Waals surface area contributed by atoms with E-state index in [9.17, 15) is 8.78 Å². The molecule has 106 valence electrons. The molecule has 0 amide bonds. The number of hydrogen-bond acceptors (Lipinski definition) is 1. The van der Waals surface area contributed by atoms with E-state index in [1.807, 2.05) is 18.2 Å². The molecule has 0 N–H and O–H groups in total. The summed E-state index contributed by atoms with van der Waals surface area (Å²) in [6.45, 7) is 6.34. The maximum atomic E-state index is 13.6. The van der Waals surface area contributed by atoms with E-state index in [2.05, 4.69) is 20.8 Å². The molecule has 1 nitrogen and oxygen atoms in total. The second-order valence-electron chi connectivity index (χ2n) is 5.05. The van der Waals surface area contributed by atoms with Crippen LogP contribution in [0.4, 0.5) is 8.78 Å². The molecule has 0 bridgehead atoms. The molecule has 0 unspecified atom stereocenters. The Morgan fingerprint density at radius 3 is 2.40 bits per heavy atom. The van der Waals surface area contributed by atoms with Gasteiger partial charge in [-0.2, -0.15) is 0 Å². The zero-order chi connectivity index (χ0) is 14.7. The highest BCUT2D eigenvalue weighted by Crippen LogP contribution is 2.29. The van der Waals surface area contributed by atoms with Crippen LogP contribution in [-0.2, 0) is 6.42 Å². The van der Waals surface area contributed by atoms with E-state index in [-0.39, 0.29) is 5.75 Å². The molecule has 0 aliphatic carbocycles. The zero-order valence-corrected chi connectivity index (χ0v) is 11.9. The van der Waals surface area contributed by atoms with Crippen LogP contribution in [-0.4, -0.2) is 0 Å². The summed E-state index contributed by atoms with van der Waals surface area (Å²) in [6.07, 6.45) is 0.886. The lowest BCUT2D eigenvalue weighted by Crippen LogP contribution is -1.97. The maximum Gasteiger partial charge on any atom is 0.168 e. The molecule has 3 heteroatoms. The molecule has 0 aliphatic heterocycles. The summed E-state index contributed by atoms with van der Waals surface area (Å²) in [5.41, 5.74) is 2.44. The van der Waals surface area contributed by atoms with Crippen LogP contribution in [0, 0.1) is 11.6 Å². The Kier molecular flexibility index (Phi) is 4.38. The van der Waals surface area contributed by atoms with Gasteiger partial charge in [0.25, 0.3) is 0 Å². The topological polar surface area (TPSA) is 9.23 Å². The minimum Gasteiger partial charge on any atom is -0.454 e. The van der Waals surface area contributed by atoms with Crippen molar-refractivity contribution in [3.63, 3.8) is 0 Å². The molecule has 0 spiro atoms. The van der Waals surface area contributed by atoms with Crippen LogP contribution in [0.5, 0.6) is 11.5 Å². The molecule has 2 aromatic carbocycles. The molecule has 0 atom stereocenters. The standard InChI is InChI=1S/C17H18F2O/c1-4-12-9-14(6-7-15(12)11(2)3)20-17-8-5-13(18)10-16(17)19/h5-11H,4H2,1-3H3. The first-order valence-corrected chi connectivity index (χ1v) is 6.77. The Balaban J connectivity index is 2.30. The highest BCUT2D eigenvalue weighted by molar-refractivity contribution is 5.40. The second kappa shape index (κ2) is 6.04. The third-order valence-electron chi connectivity index (χ3n) is 3.24. The molecule has 2 rings (SSSR count). The van der Waals surface area contributed by atoms with E-state index in [1.54, 1.807) is 0 Å². The highest BCUT2D eigenvalue weighted by atomic mass is 19.1. The van der Waals surface area contributed by atoms with Crippen LogP contribution >= 0.6 is 0 Å². The van der Waals surface area contributed by atoms with E-state index in [4.69, 9.17) is 4.74 Å². The average molecular weight is 276 g/mol. The van der Waals surface area contributed by atoms with Gasteiger partial charge < -0.3 is 4.74 Å². The van der Waals surface area contributed by atoms with Crippen LogP contribution < -0.4 is 4.74 Å². The Morgan fingerprint density at radius 2 is 1.80 bits per heavy atom. The van der Waals surface area contributed by atoms with Crippen molar-refractivity contribution in [1.82, 2.24) is 0 Å². The molecular weight excluding hydrogens is 258 g/mol. The van der Waals surface area contributed by atoms with Crippen LogP contribution in [0.15, 0.2) is 36.4 Å². The Bertz CT molecular complexity index is 606. The van der Waals surface area contributed by atoms with Gasteiger partial charge in [-0.05, 0) is 47.7 Å². The summed E-state index contributed by atoms with van der Waals surface area (Å²) in [5.74, 6) is -0.278. The largest absolute Gasteiger partial charge is 0.454 e. The second-order valence-corrected chi connectivity index (χ2v) is 5.05. The predicted molar refractivity (Wildman–Crippen MR) is 76.3 cm³/mol. The summed E-state index contributed by atoms with van der Waals surface area (Å²) in [7, 11) is 0. The number of benzene rings is 2. The number of hydrogen-bond donors (Lipinski definition) is 0. The summed E-state index contributed by atoms with van der Waals surface area (Å²) in [5, 5.41) is 0. The van der Waals surface area contributed by atoms with Gasteiger partial charge in [0.2, 0.25) is 0 Å². The number of ether oxygens (including phenoxy) is 1. The normalized spacial score (nSPS) is 10.9. The Labute approximate surface area is 118 Å². The lowest BCUT2D eigenvalue weighted by Gasteiger charge is -2.14. The first-order chi connectivity index (χ1) is 9.51. The third-order valence-corrected chi connectivity index (χ3v) is 3.24. The van der Waals surface area contributed by atoms with Crippen molar-refractivity contribution < 1.29 is 13.5 Å². The van der Waals surface area contributed by atoms with Crippen molar-refractivity contribution >= 4 is 0 Å². The van der Waals surface area contributed by atoms with E-state index < -0.39 is 11.6 Å². The van der Waals surface area contributed by atoms with Gasteiger partial charge in [0.15, 0.2) is 11.6 Å². The number of aryl methyl sites for hydroxylation is 1. The van der Waals surface area contributed by atoms with Gasteiger partial charge in [-0.25, -0.2) is 8.78 Å². The van der Waals surface area contributed by atoms with Gasteiger partial charge in [-0.15, -0.1) is 0 Å². The zero-order valence-electron chi connectivity index (χ0n) is 11.9. The molecular formula is C17H18F2O. The maximum absolute atomic E-state index is 13.6. The molecule has 0 saturated heterocycles. The van der Waals surface area contributed by atoms with E-state index in [0.717, 1.165) is 12.5 Å². The van der Waals surface area contributed by atoms with Gasteiger partial charge in [-0.3, -0.25) is 0 Å². The van der Waals surface area contributed by atoms with Crippen LogP contribution in [0.1, 0.15) is 37.8 Å². The van der Waals surface area contributed by atoms with Crippen molar-refractivity contribution in [2.24, 2.45) is 0 Å². The van der Waals surface area contributed by atoms with Crippen molar-refractivity contribution in [2.45, 2.75) is 33.1 Å². The summed E-state index contributed by atoms with van der Waals surface area (Å²) < 4.78 is 31.9. The summed E-state index contributed by atoms with van der Waals surface area (Å²) in [6, 6.07) is 9.03. The molecule has 0 fully saturated rings. The van der Waals surface area contributed by atoms with Gasteiger partial charge in [-0.1, -0.05) is 26.8 Å². The summed E-state index contributed by atoms with van der Waals surface area (Å²) in [4.78, 5) is 0. The van der Waals surface area contributed by atoms with Crippen LogP contribution in [0.25, 0.3) is 0 Å². The molecule has 2 aromatic rings. The fraction of sp³-hybridized carbons (Fsp3) is 0.294. The Hall–Kier alpha value is -1.90. The lowest BCUT2D eigenvalue weighted by atomic mass is 9.95. The minimum absolute atomic E-state index is 0.0331. The van der Waals surface area contributed by atoms with Crippen molar-refractivity contribution in [1.29, 1.82) is 0 Å². The van der Waals surface area contributed by atoms with E-state index in [0.29, 0.717) is 11.7 Å². The fourth-order valence-corrected chi connectivity index (χ4v) is 2.20. The fourth-order valence-electron chi connectivity index (χ4n) is 2.20. The number of halogens is 2. The Morgan fingerprint density at radius 1 is 1.05 bits per heavy atom. The number of rotatable bonds is 4. The SMILES string of the molecule is CCc1cc(Oc2ccc(F)cc2F)ccc1C(C)C. The van der Waals surface area contributed by atoms with Crippen LogP contribution in [0.3, 0.4) is 0 Å². The monoisotopic (exact) mass is 276 g/mol. The van der Waals surface area contributed by atoms with Gasteiger partial charge in [0, 0.05) is 6.07 Å². The molecule has 0 aliphatic rings.